The molecule has 3 heterocycles. The molecule has 1 spiro atoms. The number of rotatable bonds is 4. The fraction of sp³-hybridized carbons (Fsp3) is 0.0185. The Kier molecular flexibility index (Phi) is 7.11. The van der Waals surface area contributed by atoms with Gasteiger partial charge < -0.3 is 4.42 Å². The van der Waals surface area contributed by atoms with Gasteiger partial charge in [-0.15, -0.1) is 0 Å². The molecule has 2 aliphatic carbocycles. The van der Waals surface area contributed by atoms with Crippen LogP contribution in [0.2, 0.25) is 0 Å². The van der Waals surface area contributed by atoms with Crippen LogP contribution < -0.4 is 0 Å². The van der Waals surface area contributed by atoms with Crippen LogP contribution in [0, 0.1) is 0 Å². The second-order valence-electron chi connectivity index (χ2n) is 15.2. The Balaban J connectivity index is 1.11. The van der Waals surface area contributed by atoms with Crippen molar-refractivity contribution in [2.75, 3.05) is 0 Å². The topological polar surface area (TPSA) is 51.8 Å². The quantitative estimate of drug-likeness (QED) is 0.180. The monoisotopic (exact) mass is 739 g/mol. The Morgan fingerprint density at radius 3 is 1.93 bits per heavy atom. The summed E-state index contributed by atoms with van der Waals surface area (Å²) in [6.07, 6.45) is 8.24. The Bertz CT molecular complexity index is 3270. The lowest BCUT2D eigenvalue weighted by atomic mass is 9.65. The molecule has 1 unspecified atom stereocenters. The number of hydrogen-bond acceptors (Lipinski definition) is 4. The maximum Gasteiger partial charge on any atom is 0.160 e. The molecule has 0 fully saturated rings. The fourth-order valence-electron chi connectivity index (χ4n) is 9.40. The van der Waals surface area contributed by atoms with Gasteiger partial charge in [-0.25, -0.2) is 9.97 Å². The second kappa shape index (κ2) is 12.7. The molecule has 0 N–H and O–H groups in total. The highest BCUT2D eigenvalue weighted by Crippen LogP contribution is 2.59. The fourth-order valence-corrected chi connectivity index (χ4v) is 9.40. The van der Waals surface area contributed by atoms with Crippen LogP contribution in [0.3, 0.4) is 0 Å². The van der Waals surface area contributed by atoms with Crippen LogP contribution >= 0.6 is 0 Å². The number of benzene rings is 7. The number of hydrogen-bond donors (Lipinski definition) is 0. The maximum absolute atomic E-state index is 6.62. The van der Waals surface area contributed by atoms with Crippen molar-refractivity contribution in [1.29, 1.82) is 0 Å². The molecule has 4 heteroatoms. The van der Waals surface area contributed by atoms with Crippen molar-refractivity contribution >= 4 is 34.1 Å². The molecule has 1 atom stereocenters. The van der Waals surface area contributed by atoms with E-state index in [1.807, 2.05) is 36.5 Å². The molecule has 270 valence electrons. The molecule has 58 heavy (non-hydrogen) atoms. The highest BCUT2D eigenvalue weighted by molar-refractivity contribution is 6.08. The molecule has 0 aliphatic heterocycles. The summed E-state index contributed by atoms with van der Waals surface area (Å²) < 4.78 is 6.62. The Morgan fingerprint density at radius 1 is 0.397 bits per heavy atom. The SMILES string of the molecule is C1=Cc2ccc(-c3cc(-c4ccc(-c5cccnc5)cc4)nc(-c4ccccc4)n3)cc2C2(c3ccccc31)c1ccccc1-c1cc3c(cc12)oc1ccccc13. The van der Waals surface area contributed by atoms with Crippen molar-refractivity contribution in [2.24, 2.45) is 0 Å². The van der Waals surface area contributed by atoms with Gasteiger partial charge in [-0.05, 0) is 92.0 Å². The van der Waals surface area contributed by atoms with Crippen LogP contribution in [0.5, 0.6) is 0 Å². The van der Waals surface area contributed by atoms with Gasteiger partial charge in [0.2, 0.25) is 0 Å². The molecule has 3 aromatic heterocycles. The van der Waals surface area contributed by atoms with Gasteiger partial charge in [-0.3, -0.25) is 4.98 Å². The summed E-state index contributed by atoms with van der Waals surface area (Å²) in [5.74, 6) is 0.683. The zero-order valence-corrected chi connectivity index (χ0v) is 31.3. The standard InChI is InChI=1S/C54H33N3O/c1-2-12-38(13-3-1)53-56-49(37-25-20-34(21-26-37)40-14-10-28-55-33-40)32-50(57-53)39-27-24-36-23-22-35-11-4-7-17-45(35)54(47(36)29-39)46-18-8-5-15-41(46)43-30-44-42-16-6-9-19-51(42)58-52(44)31-48(43)54/h1-33H. The van der Waals surface area contributed by atoms with Gasteiger partial charge in [0.1, 0.15) is 11.2 Å². The third-order valence-corrected chi connectivity index (χ3v) is 12.0. The highest BCUT2D eigenvalue weighted by Gasteiger charge is 2.49. The first kappa shape index (κ1) is 32.5. The van der Waals surface area contributed by atoms with Crippen LogP contribution in [0.4, 0.5) is 0 Å². The lowest BCUT2D eigenvalue weighted by Crippen LogP contribution is -2.30. The first-order valence-corrected chi connectivity index (χ1v) is 19.7. The molecule has 4 nitrogen and oxygen atoms in total. The normalized spacial score (nSPS) is 14.9. The third-order valence-electron chi connectivity index (χ3n) is 12.0. The maximum atomic E-state index is 6.62. The zero-order valence-electron chi connectivity index (χ0n) is 31.3. The average molecular weight is 740 g/mol. The van der Waals surface area contributed by atoms with Crippen molar-refractivity contribution in [3.05, 3.63) is 222 Å². The lowest BCUT2D eigenvalue weighted by molar-refractivity contribution is 0.666. The minimum absolute atomic E-state index is 0.634. The van der Waals surface area contributed by atoms with E-state index in [1.54, 1.807) is 6.20 Å². The van der Waals surface area contributed by atoms with Gasteiger partial charge in [0.15, 0.2) is 5.82 Å². The van der Waals surface area contributed by atoms with E-state index in [-0.39, 0.29) is 0 Å². The van der Waals surface area contributed by atoms with E-state index in [0.29, 0.717) is 5.82 Å². The molecule has 0 saturated heterocycles. The molecule has 0 radical (unpaired) electrons. The second-order valence-corrected chi connectivity index (χ2v) is 15.2. The van der Waals surface area contributed by atoms with Crippen molar-refractivity contribution in [3.63, 3.8) is 0 Å². The van der Waals surface area contributed by atoms with E-state index in [1.165, 1.54) is 38.9 Å². The van der Waals surface area contributed by atoms with Crippen LogP contribution in [-0.2, 0) is 5.41 Å². The molecule has 7 aromatic carbocycles. The van der Waals surface area contributed by atoms with E-state index >= 15 is 0 Å². The predicted octanol–water partition coefficient (Wildman–Crippen LogP) is 13.3. The van der Waals surface area contributed by atoms with Crippen molar-refractivity contribution in [3.8, 4) is 56.2 Å². The van der Waals surface area contributed by atoms with Gasteiger partial charge in [0, 0.05) is 39.9 Å². The molecular weight excluding hydrogens is 707 g/mol. The number of furan rings is 1. The van der Waals surface area contributed by atoms with Crippen LogP contribution in [0.25, 0.3) is 90.2 Å². The number of para-hydroxylation sites is 1. The first-order valence-electron chi connectivity index (χ1n) is 19.7. The number of aromatic nitrogens is 3. The number of fused-ring (bicyclic) bond motifs is 12. The predicted molar refractivity (Wildman–Crippen MR) is 235 cm³/mol. The van der Waals surface area contributed by atoms with Crippen molar-refractivity contribution < 1.29 is 4.42 Å². The molecule has 10 aromatic rings. The molecule has 12 rings (SSSR count). The summed E-state index contributed by atoms with van der Waals surface area (Å²) in [4.78, 5) is 14.8. The summed E-state index contributed by atoms with van der Waals surface area (Å²) in [6, 6.07) is 62.7. The van der Waals surface area contributed by atoms with Gasteiger partial charge in [0.05, 0.1) is 16.8 Å². The summed E-state index contributed by atoms with van der Waals surface area (Å²) >= 11 is 0. The molecule has 0 saturated carbocycles. The average Bonchev–Trinajstić information content (AvgIpc) is 3.75. The van der Waals surface area contributed by atoms with E-state index < -0.39 is 5.41 Å². The summed E-state index contributed by atoms with van der Waals surface area (Å²) in [5.41, 5.74) is 17.8. The van der Waals surface area contributed by atoms with E-state index in [2.05, 4.69) is 163 Å². The largest absolute Gasteiger partial charge is 0.456 e. The van der Waals surface area contributed by atoms with Gasteiger partial charge in [-0.1, -0.05) is 152 Å². The number of nitrogens with zero attached hydrogens (tertiary/aromatic N) is 3. The van der Waals surface area contributed by atoms with Gasteiger partial charge in [0.25, 0.3) is 0 Å². The van der Waals surface area contributed by atoms with E-state index in [9.17, 15) is 0 Å². The van der Waals surface area contributed by atoms with Crippen molar-refractivity contribution in [2.45, 2.75) is 5.41 Å². The molecule has 2 aliphatic rings. The van der Waals surface area contributed by atoms with Crippen LogP contribution in [-0.4, -0.2) is 15.0 Å². The Hall–Kier alpha value is -7.69. The lowest BCUT2D eigenvalue weighted by Gasteiger charge is -2.35. The minimum atomic E-state index is -0.634. The first-order chi connectivity index (χ1) is 28.7. The van der Waals surface area contributed by atoms with Gasteiger partial charge in [-0.2, -0.15) is 0 Å². The summed E-state index contributed by atoms with van der Waals surface area (Å²) in [7, 11) is 0. The number of pyridine rings is 1. The molecule has 0 amide bonds. The van der Waals surface area contributed by atoms with E-state index in [0.717, 1.165) is 66.7 Å². The molecule has 0 bridgehead atoms. The van der Waals surface area contributed by atoms with Crippen LogP contribution in [0.15, 0.2) is 193 Å². The minimum Gasteiger partial charge on any atom is -0.456 e. The summed E-state index contributed by atoms with van der Waals surface area (Å²) in [5, 5.41) is 2.26. The third kappa shape index (κ3) is 4.85. The smallest absolute Gasteiger partial charge is 0.160 e. The molecular formula is C54H33N3O. The summed E-state index contributed by atoms with van der Waals surface area (Å²) in [6.45, 7) is 0. The van der Waals surface area contributed by atoms with Gasteiger partial charge >= 0.3 is 0 Å². The Morgan fingerprint density at radius 2 is 1.09 bits per heavy atom. The van der Waals surface area contributed by atoms with Crippen molar-refractivity contribution in [1.82, 2.24) is 15.0 Å². The zero-order chi connectivity index (χ0) is 38.2. The Labute approximate surface area is 335 Å². The van der Waals surface area contributed by atoms with E-state index in [4.69, 9.17) is 14.4 Å². The van der Waals surface area contributed by atoms with Crippen LogP contribution in [0.1, 0.15) is 33.4 Å². The highest BCUT2D eigenvalue weighted by atomic mass is 16.3.